The summed E-state index contributed by atoms with van der Waals surface area (Å²) in [6.45, 7) is 9.39. The number of guanidine groups is 1. The number of hydrogen-bond donors (Lipinski definition) is 1. The summed E-state index contributed by atoms with van der Waals surface area (Å²) in [7, 11) is 0. The Morgan fingerprint density at radius 1 is 1.17 bits per heavy atom. The van der Waals surface area contributed by atoms with Gasteiger partial charge in [0.05, 0.1) is 0 Å². The fraction of sp³-hybridized carbons (Fsp3) is 0.583. The molecule has 0 spiro atoms. The number of hydrogen-bond acceptors (Lipinski definition) is 3. The summed E-state index contributed by atoms with van der Waals surface area (Å²) >= 11 is 0. The first-order valence-corrected chi connectivity index (χ1v) is 11.6. The highest BCUT2D eigenvalue weighted by Crippen LogP contribution is 2.31. The standard InChI is InChI=1S/C24H36N6/c1-2-25-24(26-13-7-16-30-17-8-14-27-30)29-18-12-23-22(20-29)11-6-15-28(23)19-21-9-4-3-5-10-21/h3-5,8-10,14,17,22-23H,2,6-7,11-13,15-16,18-20H2,1H3,(H,25,26). The zero-order valence-electron chi connectivity index (χ0n) is 18.3. The Kier molecular flexibility index (Phi) is 7.40. The first-order valence-electron chi connectivity index (χ1n) is 11.6. The average Bonchev–Trinajstić information content (AvgIpc) is 3.30. The zero-order chi connectivity index (χ0) is 20.6. The number of fused-ring (bicyclic) bond motifs is 1. The van der Waals surface area contributed by atoms with Gasteiger partial charge < -0.3 is 10.2 Å². The Morgan fingerprint density at radius 3 is 2.87 bits per heavy atom. The Morgan fingerprint density at radius 2 is 2.07 bits per heavy atom. The predicted molar refractivity (Wildman–Crippen MR) is 122 cm³/mol. The van der Waals surface area contributed by atoms with E-state index in [1.807, 2.05) is 23.1 Å². The summed E-state index contributed by atoms with van der Waals surface area (Å²) in [4.78, 5) is 10.2. The molecule has 0 bridgehead atoms. The van der Waals surface area contributed by atoms with Gasteiger partial charge in [0, 0.05) is 57.7 Å². The Balaban J connectivity index is 1.33. The maximum Gasteiger partial charge on any atom is 0.193 e. The molecule has 162 valence electrons. The van der Waals surface area contributed by atoms with Crippen molar-refractivity contribution in [1.29, 1.82) is 0 Å². The van der Waals surface area contributed by atoms with E-state index in [1.54, 1.807) is 0 Å². The number of likely N-dealkylation sites (tertiary alicyclic amines) is 2. The van der Waals surface area contributed by atoms with Crippen molar-refractivity contribution in [3.05, 3.63) is 54.4 Å². The third-order valence-corrected chi connectivity index (χ3v) is 6.41. The van der Waals surface area contributed by atoms with Gasteiger partial charge in [-0.3, -0.25) is 14.6 Å². The van der Waals surface area contributed by atoms with Crippen molar-refractivity contribution in [2.45, 2.75) is 51.7 Å². The maximum atomic E-state index is 4.94. The topological polar surface area (TPSA) is 48.7 Å². The molecule has 2 aromatic rings. The van der Waals surface area contributed by atoms with Crippen LogP contribution in [-0.4, -0.2) is 64.3 Å². The monoisotopic (exact) mass is 408 g/mol. The van der Waals surface area contributed by atoms with Crippen LogP contribution in [0.2, 0.25) is 0 Å². The van der Waals surface area contributed by atoms with Crippen LogP contribution in [-0.2, 0) is 13.1 Å². The molecular formula is C24H36N6. The van der Waals surface area contributed by atoms with Crippen LogP contribution in [0.4, 0.5) is 0 Å². The highest BCUT2D eigenvalue weighted by molar-refractivity contribution is 5.80. The summed E-state index contributed by atoms with van der Waals surface area (Å²) in [5, 5.41) is 7.81. The van der Waals surface area contributed by atoms with Crippen LogP contribution < -0.4 is 5.32 Å². The van der Waals surface area contributed by atoms with Gasteiger partial charge in [0.15, 0.2) is 5.96 Å². The van der Waals surface area contributed by atoms with Crippen LogP contribution in [0.25, 0.3) is 0 Å². The molecule has 3 heterocycles. The number of aromatic nitrogens is 2. The highest BCUT2D eigenvalue weighted by atomic mass is 15.3. The van der Waals surface area contributed by atoms with Crippen LogP contribution >= 0.6 is 0 Å². The maximum absolute atomic E-state index is 4.94. The molecule has 2 atom stereocenters. The average molecular weight is 409 g/mol. The van der Waals surface area contributed by atoms with Gasteiger partial charge in [0.25, 0.3) is 0 Å². The molecule has 2 saturated heterocycles. The lowest BCUT2D eigenvalue weighted by Crippen LogP contribution is -2.56. The van der Waals surface area contributed by atoms with Crippen molar-refractivity contribution in [2.24, 2.45) is 10.9 Å². The lowest BCUT2D eigenvalue weighted by atomic mass is 9.83. The van der Waals surface area contributed by atoms with E-state index in [0.29, 0.717) is 6.04 Å². The molecule has 1 aromatic carbocycles. The van der Waals surface area contributed by atoms with Gasteiger partial charge in [-0.05, 0) is 56.7 Å². The van der Waals surface area contributed by atoms with Gasteiger partial charge in [0.2, 0.25) is 0 Å². The van der Waals surface area contributed by atoms with Gasteiger partial charge in [-0.1, -0.05) is 30.3 Å². The first-order chi connectivity index (χ1) is 14.8. The molecule has 4 rings (SSSR count). The van der Waals surface area contributed by atoms with Crippen molar-refractivity contribution >= 4 is 5.96 Å². The fourth-order valence-corrected chi connectivity index (χ4v) is 4.99. The molecule has 6 nitrogen and oxygen atoms in total. The van der Waals surface area contributed by atoms with Crippen LogP contribution in [0.1, 0.15) is 38.2 Å². The minimum Gasteiger partial charge on any atom is -0.357 e. The van der Waals surface area contributed by atoms with Crippen LogP contribution in [0.3, 0.4) is 0 Å². The van der Waals surface area contributed by atoms with Crippen LogP contribution in [0, 0.1) is 5.92 Å². The van der Waals surface area contributed by atoms with E-state index in [1.165, 1.54) is 31.4 Å². The SMILES string of the molecule is CCNC(=NCCCn1cccn1)N1CCC2C(CCCN2Cc2ccccc2)C1. The number of benzene rings is 1. The van der Waals surface area contributed by atoms with E-state index in [-0.39, 0.29) is 0 Å². The second kappa shape index (κ2) is 10.6. The van der Waals surface area contributed by atoms with Crippen molar-refractivity contribution in [3.63, 3.8) is 0 Å². The molecule has 6 heteroatoms. The van der Waals surface area contributed by atoms with Gasteiger partial charge in [0.1, 0.15) is 0 Å². The van der Waals surface area contributed by atoms with Crippen LogP contribution in [0.15, 0.2) is 53.8 Å². The van der Waals surface area contributed by atoms with Crippen molar-refractivity contribution in [1.82, 2.24) is 24.9 Å². The second-order valence-electron chi connectivity index (χ2n) is 8.52. The van der Waals surface area contributed by atoms with E-state index in [0.717, 1.165) is 57.6 Å². The molecule has 2 unspecified atom stereocenters. The normalized spacial score (nSPS) is 22.7. The molecule has 30 heavy (non-hydrogen) atoms. The van der Waals surface area contributed by atoms with E-state index in [9.17, 15) is 0 Å². The smallest absolute Gasteiger partial charge is 0.193 e. The van der Waals surface area contributed by atoms with Gasteiger partial charge >= 0.3 is 0 Å². The minimum absolute atomic E-state index is 0.706. The number of nitrogens with one attached hydrogen (secondary N) is 1. The van der Waals surface area contributed by atoms with Crippen LogP contribution in [0.5, 0.6) is 0 Å². The fourth-order valence-electron chi connectivity index (χ4n) is 4.99. The van der Waals surface area contributed by atoms with E-state index >= 15 is 0 Å². The molecule has 2 aliphatic rings. The van der Waals surface area contributed by atoms with Gasteiger partial charge in [-0.15, -0.1) is 0 Å². The Hall–Kier alpha value is -2.34. The quantitative estimate of drug-likeness (QED) is 0.434. The molecule has 0 radical (unpaired) electrons. The summed E-state index contributed by atoms with van der Waals surface area (Å²) in [5.41, 5.74) is 1.44. The summed E-state index contributed by atoms with van der Waals surface area (Å²) in [6.07, 6.45) is 8.74. The molecular weight excluding hydrogens is 372 g/mol. The summed E-state index contributed by atoms with van der Waals surface area (Å²) in [6, 6.07) is 13.6. The first kappa shape index (κ1) is 20.9. The van der Waals surface area contributed by atoms with Gasteiger partial charge in [-0.25, -0.2) is 0 Å². The lowest BCUT2D eigenvalue weighted by Gasteiger charge is -2.48. The molecule has 0 aliphatic carbocycles. The zero-order valence-corrected chi connectivity index (χ0v) is 18.3. The Bertz CT molecular complexity index is 772. The molecule has 1 aromatic heterocycles. The summed E-state index contributed by atoms with van der Waals surface area (Å²) in [5.74, 6) is 1.83. The molecule has 0 saturated carbocycles. The molecule has 2 fully saturated rings. The Labute approximate surface area is 181 Å². The largest absolute Gasteiger partial charge is 0.357 e. The molecule has 1 N–H and O–H groups in total. The molecule has 2 aliphatic heterocycles. The van der Waals surface area contributed by atoms with E-state index < -0.39 is 0 Å². The van der Waals surface area contributed by atoms with Crippen molar-refractivity contribution < 1.29 is 0 Å². The number of aliphatic imine (C=N–C) groups is 1. The number of piperidine rings is 2. The number of aryl methyl sites for hydroxylation is 1. The minimum atomic E-state index is 0.706. The highest BCUT2D eigenvalue weighted by Gasteiger charge is 2.36. The second-order valence-corrected chi connectivity index (χ2v) is 8.52. The van der Waals surface area contributed by atoms with E-state index in [4.69, 9.17) is 4.99 Å². The van der Waals surface area contributed by atoms with Crippen molar-refractivity contribution in [2.75, 3.05) is 32.7 Å². The molecule has 0 amide bonds. The van der Waals surface area contributed by atoms with Gasteiger partial charge in [-0.2, -0.15) is 5.10 Å². The van der Waals surface area contributed by atoms with Crippen molar-refractivity contribution in [3.8, 4) is 0 Å². The third-order valence-electron chi connectivity index (χ3n) is 6.41. The third kappa shape index (κ3) is 5.42. The lowest BCUT2D eigenvalue weighted by molar-refractivity contribution is 0.0372. The number of nitrogens with zero attached hydrogens (tertiary/aromatic N) is 5. The predicted octanol–water partition coefficient (Wildman–Crippen LogP) is 3.23. The number of rotatable bonds is 7. The van der Waals surface area contributed by atoms with E-state index in [2.05, 4.69) is 57.5 Å². The summed E-state index contributed by atoms with van der Waals surface area (Å²) < 4.78 is 1.98.